The molecule has 0 fully saturated rings. The molecular weight excluding hydrogens is 370 g/mol. The van der Waals surface area contributed by atoms with E-state index >= 15 is 0 Å². The van der Waals surface area contributed by atoms with Crippen LogP contribution in [0.15, 0.2) is 59.4 Å². The number of hydrogen-bond donors (Lipinski definition) is 1. The van der Waals surface area contributed by atoms with Crippen LogP contribution < -0.4 is 5.56 Å². The molecule has 0 aliphatic rings. The summed E-state index contributed by atoms with van der Waals surface area (Å²) in [5.74, 6) is -1.04. The van der Waals surface area contributed by atoms with Gasteiger partial charge in [-0.1, -0.05) is 48.5 Å². The Kier molecular flexibility index (Phi) is 6.39. The number of rotatable bonds is 8. The Morgan fingerprint density at radius 1 is 1.03 bits per heavy atom. The van der Waals surface area contributed by atoms with Gasteiger partial charge in [-0.25, -0.2) is 4.68 Å². The SMILES string of the molecule is Cn1nc(CC(=O)N(CCCC(=O)O)Cc2ccccc2)c2ccccc2c1=O. The number of hydrogen-bond acceptors (Lipinski definition) is 4. The third-order valence-corrected chi connectivity index (χ3v) is 4.74. The maximum absolute atomic E-state index is 13.1. The van der Waals surface area contributed by atoms with Crippen LogP contribution in [0, 0.1) is 0 Å². The Morgan fingerprint density at radius 3 is 2.38 bits per heavy atom. The summed E-state index contributed by atoms with van der Waals surface area (Å²) in [5.41, 5.74) is 1.29. The molecule has 1 N–H and O–H groups in total. The number of nitrogens with zero attached hydrogens (tertiary/aromatic N) is 3. The van der Waals surface area contributed by atoms with Gasteiger partial charge in [-0.2, -0.15) is 5.10 Å². The normalized spacial score (nSPS) is 10.8. The molecule has 0 saturated carbocycles. The minimum absolute atomic E-state index is 0.000408. The van der Waals surface area contributed by atoms with Crippen molar-refractivity contribution in [2.75, 3.05) is 6.54 Å². The van der Waals surface area contributed by atoms with Crippen LogP contribution in [0.4, 0.5) is 0 Å². The number of benzene rings is 2. The largest absolute Gasteiger partial charge is 0.481 e. The molecular formula is C22H23N3O4. The van der Waals surface area contributed by atoms with Gasteiger partial charge in [-0.05, 0) is 18.1 Å². The quantitative estimate of drug-likeness (QED) is 0.634. The van der Waals surface area contributed by atoms with Gasteiger partial charge >= 0.3 is 5.97 Å². The second-order valence-corrected chi connectivity index (χ2v) is 6.90. The number of aromatic nitrogens is 2. The number of fused-ring (bicyclic) bond motifs is 1. The summed E-state index contributed by atoms with van der Waals surface area (Å²) in [6.07, 6.45) is 0.406. The van der Waals surface area contributed by atoms with E-state index in [1.807, 2.05) is 36.4 Å². The van der Waals surface area contributed by atoms with Crippen LogP contribution in [0.2, 0.25) is 0 Å². The predicted molar refractivity (Wildman–Crippen MR) is 109 cm³/mol. The van der Waals surface area contributed by atoms with Crippen LogP contribution in [0.1, 0.15) is 24.1 Å². The third kappa shape index (κ3) is 5.07. The molecule has 0 radical (unpaired) electrons. The zero-order valence-corrected chi connectivity index (χ0v) is 16.2. The number of amides is 1. The van der Waals surface area contributed by atoms with Crippen molar-refractivity contribution in [3.8, 4) is 0 Å². The second-order valence-electron chi connectivity index (χ2n) is 6.90. The van der Waals surface area contributed by atoms with Gasteiger partial charge in [0.15, 0.2) is 0 Å². The number of carbonyl (C=O) groups excluding carboxylic acids is 1. The van der Waals surface area contributed by atoms with Gasteiger partial charge < -0.3 is 10.0 Å². The van der Waals surface area contributed by atoms with E-state index in [9.17, 15) is 14.4 Å². The topological polar surface area (TPSA) is 92.5 Å². The van der Waals surface area contributed by atoms with Crippen LogP contribution in [0.5, 0.6) is 0 Å². The molecule has 0 saturated heterocycles. The molecule has 0 aliphatic heterocycles. The first-order valence-electron chi connectivity index (χ1n) is 9.44. The van der Waals surface area contributed by atoms with E-state index in [0.29, 0.717) is 36.0 Å². The lowest BCUT2D eigenvalue weighted by Crippen LogP contribution is -2.34. The first kappa shape index (κ1) is 20.3. The molecule has 3 aromatic rings. The summed E-state index contributed by atoms with van der Waals surface area (Å²) in [4.78, 5) is 37.9. The molecule has 2 aromatic carbocycles. The van der Waals surface area contributed by atoms with Crippen LogP contribution in [0.3, 0.4) is 0 Å². The van der Waals surface area contributed by atoms with Crippen LogP contribution in [-0.4, -0.2) is 38.2 Å². The van der Waals surface area contributed by atoms with Crippen molar-refractivity contribution in [2.24, 2.45) is 7.05 Å². The highest BCUT2D eigenvalue weighted by atomic mass is 16.4. The Balaban J connectivity index is 1.86. The number of carboxylic acids is 1. The molecule has 0 aliphatic carbocycles. The van der Waals surface area contributed by atoms with Gasteiger partial charge in [-0.15, -0.1) is 0 Å². The monoisotopic (exact) mass is 393 g/mol. The average molecular weight is 393 g/mol. The highest BCUT2D eigenvalue weighted by Gasteiger charge is 2.18. The third-order valence-electron chi connectivity index (χ3n) is 4.74. The van der Waals surface area contributed by atoms with E-state index in [-0.39, 0.29) is 24.3 Å². The summed E-state index contributed by atoms with van der Waals surface area (Å²) < 4.78 is 1.25. The van der Waals surface area contributed by atoms with Crippen molar-refractivity contribution >= 4 is 22.6 Å². The van der Waals surface area contributed by atoms with Crippen LogP contribution in [-0.2, 0) is 29.6 Å². The smallest absolute Gasteiger partial charge is 0.303 e. The lowest BCUT2D eigenvalue weighted by Gasteiger charge is -2.23. The summed E-state index contributed by atoms with van der Waals surface area (Å²) >= 11 is 0. The highest BCUT2D eigenvalue weighted by molar-refractivity contribution is 5.88. The Hall–Kier alpha value is -3.48. The maximum Gasteiger partial charge on any atom is 0.303 e. The standard InChI is InChI=1S/C22H23N3O4/c1-24-22(29)18-11-6-5-10-17(18)19(23-24)14-20(26)25(13-7-12-21(27)28)15-16-8-3-2-4-9-16/h2-6,8-11H,7,12-15H2,1H3,(H,27,28). The molecule has 29 heavy (non-hydrogen) atoms. The van der Waals surface area contributed by atoms with Crippen molar-refractivity contribution in [1.82, 2.24) is 14.7 Å². The van der Waals surface area contributed by atoms with Gasteiger partial charge in [0.1, 0.15) is 0 Å². The highest BCUT2D eigenvalue weighted by Crippen LogP contribution is 2.15. The van der Waals surface area contributed by atoms with Gasteiger partial charge in [0.2, 0.25) is 5.91 Å². The molecule has 7 heteroatoms. The molecule has 0 spiro atoms. The van der Waals surface area contributed by atoms with Crippen molar-refractivity contribution in [3.05, 3.63) is 76.2 Å². The van der Waals surface area contributed by atoms with E-state index in [0.717, 1.165) is 5.56 Å². The van der Waals surface area contributed by atoms with Gasteiger partial charge in [0.05, 0.1) is 17.5 Å². The second kappa shape index (κ2) is 9.14. The molecule has 0 atom stereocenters. The van der Waals surface area contributed by atoms with Crippen molar-refractivity contribution in [3.63, 3.8) is 0 Å². The van der Waals surface area contributed by atoms with Crippen molar-refractivity contribution in [1.29, 1.82) is 0 Å². The zero-order chi connectivity index (χ0) is 20.8. The van der Waals surface area contributed by atoms with Gasteiger partial charge in [0, 0.05) is 31.9 Å². The molecule has 7 nitrogen and oxygen atoms in total. The first-order chi connectivity index (χ1) is 14.0. The van der Waals surface area contributed by atoms with E-state index in [2.05, 4.69) is 5.10 Å². The Morgan fingerprint density at radius 2 is 1.69 bits per heavy atom. The average Bonchev–Trinajstić information content (AvgIpc) is 2.71. The lowest BCUT2D eigenvalue weighted by atomic mass is 10.1. The predicted octanol–water partition coefficient (Wildman–Crippen LogP) is 2.37. The fourth-order valence-corrected chi connectivity index (χ4v) is 3.28. The minimum Gasteiger partial charge on any atom is -0.481 e. The fraction of sp³-hybridized carbons (Fsp3) is 0.273. The number of carbonyl (C=O) groups is 2. The number of carboxylic acid groups (broad SMARTS) is 1. The van der Waals surface area contributed by atoms with Crippen molar-refractivity contribution < 1.29 is 14.7 Å². The molecule has 3 rings (SSSR count). The van der Waals surface area contributed by atoms with E-state index < -0.39 is 5.97 Å². The zero-order valence-electron chi connectivity index (χ0n) is 16.2. The summed E-state index contributed by atoms with van der Waals surface area (Å²) in [5, 5.41) is 14.4. The maximum atomic E-state index is 13.1. The summed E-state index contributed by atoms with van der Waals surface area (Å²) in [7, 11) is 1.57. The molecule has 0 unspecified atom stereocenters. The first-order valence-corrected chi connectivity index (χ1v) is 9.44. The fourth-order valence-electron chi connectivity index (χ4n) is 3.28. The Labute approximate surface area is 168 Å². The van der Waals surface area contributed by atoms with Crippen molar-refractivity contribution in [2.45, 2.75) is 25.8 Å². The molecule has 1 heterocycles. The van der Waals surface area contributed by atoms with E-state index in [1.54, 1.807) is 30.1 Å². The van der Waals surface area contributed by atoms with E-state index in [1.165, 1.54) is 4.68 Å². The Bertz CT molecular complexity index is 1080. The lowest BCUT2D eigenvalue weighted by molar-refractivity contribution is -0.138. The van der Waals surface area contributed by atoms with E-state index in [4.69, 9.17) is 5.11 Å². The summed E-state index contributed by atoms with van der Waals surface area (Å²) in [6, 6.07) is 16.7. The molecule has 150 valence electrons. The van der Waals surface area contributed by atoms with Crippen LogP contribution in [0.25, 0.3) is 10.8 Å². The van der Waals surface area contributed by atoms with Crippen LogP contribution >= 0.6 is 0 Å². The molecule has 1 aromatic heterocycles. The van der Waals surface area contributed by atoms with Gasteiger partial charge in [0.25, 0.3) is 5.56 Å². The van der Waals surface area contributed by atoms with Gasteiger partial charge in [-0.3, -0.25) is 14.4 Å². The number of aliphatic carboxylic acids is 1. The molecule has 1 amide bonds. The summed E-state index contributed by atoms with van der Waals surface area (Å²) in [6.45, 7) is 0.729. The molecule has 0 bridgehead atoms. The minimum atomic E-state index is -0.886. The number of aryl methyl sites for hydroxylation is 1.